The third-order valence-electron chi connectivity index (χ3n) is 3.20. The molecule has 0 unspecified atom stereocenters. The lowest BCUT2D eigenvalue weighted by atomic mass is 10.1. The van der Waals surface area contributed by atoms with E-state index in [0.29, 0.717) is 0 Å². The van der Waals surface area contributed by atoms with Crippen LogP contribution in [0.3, 0.4) is 0 Å². The van der Waals surface area contributed by atoms with Gasteiger partial charge in [-0.15, -0.1) is 22.7 Å². The molecule has 0 aliphatic rings. The van der Waals surface area contributed by atoms with Gasteiger partial charge in [-0.3, -0.25) is 0 Å². The Morgan fingerprint density at radius 3 is 2.47 bits per heavy atom. The highest BCUT2D eigenvalue weighted by Gasteiger charge is 2.06. The molecule has 2 heterocycles. The van der Waals surface area contributed by atoms with E-state index in [1.807, 2.05) is 11.6 Å². The van der Waals surface area contributed by atoms with Gasteiger partial charge < -0.3 is 0 Å². The summed E-state index contributed by atoms with van der Waals surface area (Å²) in [7, 11) is 0. The number of rotatable bonds is 9. The van der Waals surface area contributed by atoms with E-state index in [-0.39, 0.29) is 0 Å². The van der Waals surface area contributed by atoms with Gasteiger partial charge in [0.2, 0.25) is 0 Å². The van der Waals surface area contributed by atoms with Gasteiger partial charge in [0.25, 0.3) is 0 Å². The molecule has 2 rings (SSSR count). The Hall–Kier alpha value is -0.740. The average Bonchev–Trinajstić information content (AvgIpc) is 3.08. The minimum Gasteiger partial charge on any atom is -0.242 e. The van der Waals surface area contributed by atoms with Crippen LogP contribution in [0.4, 0.5) is 0 Å². The molecule has 0 N–H and O–H groups in total. The molecule has 19 heavy (non-hydrogen) atoms. The fourth-order valence-electron chi connectivity index (χ4n) is 2.11. The number of thiazole rings is 2. The zero-order valence-electron chi connectivity index (χ0n) is 11.6. The van der Waals surface area contributed by atoms with E-state index in [4.69, 9.17) is 0 Å². The standard InChI is InChI=1S/C15H22N2S2/c1-2-3-4-5-6-7-8-9-13-12-19-15(17-13)14-16-10-11-18-14/h10-12H,2-9H2,1H3. The second kappa shape index (κ2) is 8.43. The van der Waals surface area contributed by atoms with Gasteiger partial charge >= 0.3 is 0 Å². The molecule has 0 saturated heterocycles. The Morgan fingerprint density at radius 1 is 0.947 bits per heavy atom. The van der Waals surface area contributed by atoms with Crippen LogP contribution in [-0.4, -0.2) is 9.97 Å². The fourth-order valence-corrected chi connectivity index (χ4v) is 3.66. The molecule has 0 aromatic carbocycles. The van der Waals surface area contributed by atoms with Crippen LogP contribution in [0, 0.1) is 0 Å². The summed E-state index contributed by atoms with van der Waals surface area (Å²) in [6.45, 7) is 2.27. The summed E-state index contributed by atoms with van der Waals surface area (Å²) in [4.78, 5) is 8.97. The molecule has 0 atom stereocenters. The van der Waals surface area contributed by atoms with Crippen LogP contribution in [0.15, 0.2) is 17.0 Å². The number of hydrogen-bond donors (Lipinski definition) is 0. The maximum absolute atomic E-state index is 4.67. The normalized spacial score (nSPS) is 11.0. The lowest BCUT2D eigenvalue weighted by molar-refractivity contribution is 0.588. The molecule has 2 aromatic rings. The topological polar surface area (TPSA) is 25.8 Å². The first-order valence-electron chi connectivity index (χ1n) is 7.24. The summed E-state index contributed by atoms with van der Waals surface area (Å²) in [5.74, 6) is 0. The first-order valence-corrected chi connectivity index (χ1v) is 9.00. The zero-order chi connectivity index (χ0) is 13.3. The van der Waals surface area contributed by atoms with E-state index in [1.165, 1.54) is 50.6 Å². The number of unbranched alkanes of at least 4 members (excludes halogenated alkanes) is 6. The molecule has 0 spiro atoms. The Kier molecular flexibility index (Phi) is 6.51. The molecule has 104 valence electrons. The highest BCUT2D eigenvalue weighted by Crippen LogP contribution is 2.26. The van der Waals surface area contributed by atoms with Gasteiger partial charge in [-0.05, 0) is 12.8 Å². The molecule has 0 aliphatic heterocycles. The van der Waals surface area contributed by atoms with Crippen LogP contribution in [0.5, 0.6) is 0 Å². The molecule has 0 radical (unpaired) electrons. The third-order valence-corrected chi connectivity index (χ3v) is 5.01. The van der Waals surface area contributed by atoms with Gasteiger partial charge in [0, 0.05) is 17.0 Å². The number of aryl methyl sites for hydroxylation is 1. The highest BCUT2D eigenvalue weighted by atomic mass is 32.1. The van der Waals surface area contributed by atoms with Crippen LogP contribution in [-0.2, 0) is 6.42 Å². The second-order valence-electron chi connectivity index (χ2n) is 4.85. The second-order valence-corrected chi connectivity index (χ2v) is 6.61. The van der Waals surface area contributed by atoms with Crippen LogP contribution in [0.2, 0.25) is 0 Å². The molecule has 0 amide bonds. The maximum Gasteiger partial charge on any atom is 0.152 e. The van der Waals surface area contributed by atoms with Crippen molar-refractivity contribution in [1.29, 1.82) is 0 Å². The van der Waals surface area contributed by atoms with Crippen molar-refractivity contribution in [2.24, 2.45) is 0 Å². The van der Waals surface area contributed by atoms with Crippen molar-refractivity contribution in [1.82, 2.24) is 9.97 Å². The molecule has 0 fully saturated rings. The van der Waals surface area contributed by atoms with Gasteiger partial charge in [0.1, 0.15) is 0 Å². The molecular weight excluding hydrogens is 272 g/mol. The van der Waals surface area contributed by atoms with Crippen molar-refractivity contribution in [2.45, 2.75) is 58.3 Å². The molecular formula is C15H22N2S2. The monoisotopic (exact) mass is 294 g/mol. The first-order chi connectivity index (χ1) is 9.40. The van der Waals surface area contributed by atoms with Crippen molar-refractivity contribution in [3.63, 3.8) is 0 Å². The summed E-state index contributed by atoms with van der Waals surface area (Å²) in [6.07, 6.45) is 12.5. The van der Waals surface area contributed by atoms with Gasteiger partial charge in [0.15, 0.2) is 10.0 Å². The van der Waals surface area contributed by atoms with E-state index in [9.17, 15) is 0 Å². The van der Waals surface area contributed by atoms with Gasteiger partial charge in [0.05, 0.1) is 5.69 Å². The molecule has 0 bridgehead atoms. The first kappa shape index (κ1) is 14.7. The van der Waals surface area contributed by atoms with Crippen molar-refractivity contribution in [3.05, 3.63) is 22.7 Å². The number of hydrogen-bond acceptors (Lipinski definition) is 4. The molecule has 0 saturated carbocycles. The minimum atomic E-state index is 1.05. The van der Waals surface area contributed by atoms with Crippen molar-refractivity contribution >= 4 is 22.7 Å². The molecule has 0 aliphatic carbocycles. The van der Waals surface area contributed by atoms with Crippen molar-refractivity contribution in [3.8, 4) is 10.0 Å². The predicted octanol–water partition coefficient (Wildman–Crippen LogP) is 5.56. The van der Waals surface area contributed by atoms with E-state index in [2.05, 4.69) is 22.3 Å². The summed E-state index contributed by atoms with van der Waals surface area (Å²) in [6, 6.07) is 0. The van der Waals surface area contributed by atoms with Crippen molar-refractivity contribution < 1.29 is 0 Å². The largest absolute Gasteiger partial charge is 0.242 e. The number of aromatic nitrogens is 2. The average molecular weight is 294 g/mol. The molecule has 2 aromatic heterocycles. The Labute approximate surface area is 123 Å². The van der Waals surface area contributed by atoms with E-state index in [1.54, 1.807) is 22.7 Å². The summed E-state index contributed by atoms with van der Waals surface area (Å²) in [5.41, 5.74) is 1.24. The van der Waals surface area contributed by atoms with Gasteiger partial charge in [-0.25, -0.2) is 9.97 Å². The number of nitrogens with zero attached hydrogens (tertiary/aromatic N) is 2. The Bertz CT molecular complexity index is 448. The third kappa shape index (κ3) is 5.03. The lowest BCUT2D eigenvalue weighted by Gasteiger charge is -1.99. The molecule has 2 nitrogen and oxygen atoms in total. The maximum atomic E-state index is 4.67. The van der Waals surface area contributed by atoms with E-state index in [0.717, 1.165) is 16.4 Å². The predicted molar refractivity (Wildman–Crippen MR) is 84.9 cm³/mol. The minimum absolute atomic E-state index is 1.05. The van der Waals surface area contributed by atoms with E-state index < -0.39 is 0 Å². The lowest BCUT2D eigenvalue weighted by Crippen LogP contribution is -1.87. The van der Waals surface area contributed by atoms with Crippen LogP contribution in [0.1, 0.15) is 57.6 Å². The summed E-state index contributed by atoms with van der Waals surface area (Å²) >= 11 is 3.38. The quantitative estimate of drug-likeness (QED) is 0.566. The molecule has 4 heteroatoms. The SMILES string of the molecule is CCCCCCCCCc1csc(-c2nccs2)n1. The zero-order valence-corrected chi connectivity index (χ0v) is 13.2. The van der Waals surface area contributed by atoms with Crippen LogP contribution >= 0.6 is 22.7 Å². The summed E-state index contributed by atoms with van der Waals surface area (Å²) < 4.78 is 0. The van der Waals surface area contributed by atoms with Gasteiger partial charge in [-0.2, -0.15) is 0 Å². The van der Waals surface area contributed by atoms with Crippen LogP contribution in [0.25, 0.3) is 10.0 Å². The Morgan fingerprint density at radius 2 is 1.74 bits per heavy atom. The van der Waals surface area contributed by atoms with Gasteiger partial charge in [-0.1, -0.05) is 45.4 Å². The summed E-state index contributed by atoms with van der Waals surface area (Å²) in [5, 5.41) is 6.32. The van der Waals surface area contributed by atoms with E-state index >= 15 is 0 Å². The Balaban J connectivity index is 1.64. The smallest absolute Gasteiger partial charge is 0.152 e. The fraction of sp³-hybridized carbons (Fsp3) is 0.600. The highest BCUT2D eigenvalue weighted by molar-refractivity contribution is 7.19. The van der Waals surface area contributed by atoms with Crippen molar-refractivity contribution in [2.75, 3.05) is 0 Å². The van der Waals surface area contributed by atoms with Crippen LogP contribution < -0.4 is 0 Å².